The number of aryl methyl sites for hydroxylation is 2. The second-order valence-electron chi connectivity index (χ2n) is 4.91. The van der Waals surface area contributed by atoms with Crippen LogP contribution >= 0.6 is 0 Å². The summed E-state index contributed by atoms with van der Waals surface area (Å²) in [6, 6.07) is 1.80. The van der Waals surface area contributed by atoms with E-state index in [0.29, 0.717) is 30.9 Å². The molecule has 0 aromatic carbocycles. The van der Waals surface area contributed by atoms with Gasteiger partial charge in [0.2, 0.25) is 0 Å². The van der Waals surface area contributed by atoms with E-state index in [-0.39, 0.29) is 0 Å². The Kier molecular flexibility index (Phi) is 3.42. The fourth-order valence-electron chi connectivity index (χ4n) is 2.50. The van der Waals surface area contributed by atoms with E-state index in [1.165, 1.54) is 0 Å². The fraction of sp³-hybridized carbons (Fsp3) is 0.462. The molecule has 19 heavy (non-hydrogen) atoms. The normalized spacial score (nSPS) is 18.6. The number of aromatic nitrogens is 1. The molecule has 0 saturated carbocycles. The van der Waals surface area contributed by atoms with E-state index < -0.39 is 17.8 Å². The molecule has 1 atom stereocenters. The van der Waals surface area contributed by atoms with Crippen LogP contribution in [-0.4, -0.2) is 35.1 Å². The third-order valence-corrected chi connectivity index (χ3v) is 3.41. The summed E-state index contributed by atoms with van der Waals surface area (Å²) in [6.07, 6.45) is 0.558. The highest BCUT2D eigenvalue weighted by atomic mass is 16.4. The number of amides is 1. The van der Waals surface area contributed by atoms with Crippen molar-refractivity contribution in [3.05, 3.63) is 22.9 Å². The third kappa shape index (κ3) is 2.52. The molecule has 6 nitrogen and oxygen atoms in total. The van der Waals surface area contributed by atoms with Gasteiger partial charge in [0.05, 0.1) is 11.5 Å². The first-order chi connectivity index (χ1) is 8.90. The maximum Gasteiger partial charge on any atom is 0.308 e. The molecule has 0 aliphatic carbocycles. The van der Waals surface area contributed by atoms with E-state index in [2.05, 4.69) is 4.98 Å². The Labute approximate surface area is 111 Å². The zero-order chi connectivity index (χ0) is 14.2. The zero-order valence-corrected chi connectivity index (χ0v) is 11.0. The van der Waals surface area contributed by atoms with Gasteiger partial charge in [-0.3, -0.25) is 9.59 Å². The first-order valence-corrected chi connectivity index (χ1v) is 6.16. The molecular formula is C13H17N3O3. The summed E-state index contributed by atoms with van der Waals surface area (Å²) >= 11 is 0. The maximum atomic E-state index is 11.6. The Morgan fingerprint density at radius 2 is 2.16 bits per heavy atom. The van der Waals surface area contributed by atoms with Gasteiger partial charge in [-0.15, -0.1) is 0 Å². The van der Waals surface area contributed by atoms with Crippen molar-refractivity contribution in [3.8, 4) is 0 Å². The Morgan fingerprint density at radius 1 is 1.47 bits per heavy atom. The second-order valence-corrected chi connectivity index (χ2v) is 4.91. The van der Waals surface area contributed by atoms with Crippen LogP contribution in [0.25, 0.3) is 0 Å². The molecule has 6 heteroatoms. The number of hydrogen-bond donors (Lipinski definition) is 2. The van der Waals surface area contributed by atoms with Gasteiger partial charge < -0.3 is 15.7 Å². The largest absolute Gasteiger partial charge is 0.481 e. The topological polar surface area (TPSA) is 96.5 Å². The van der Waals surface area contributed by atoms with Crippen LogP contribution in [0.3, 0.4) is 0 Å². The predicted octanol–water partition coefficient (Wildman–Crippen LogP) is 0.708. The summed E-state index contributed by atoms with van der Waals surface area (Å²) in [6.45, 7) is 4.59. The van der Waals surface area contributed by atoms with Crippen molar-refractivity contribution in [2.75, 3.05) is 18.0 Å². The van der Waals surface area contributed by atoms with Crippen LogP contribution in [0.2, 0.25) is 0 Å². The van der Waals surface area contributed by atoms with Crippen LogP contribution < -0.4 is 10.6 Å². The lowest BCUT2D eigenvalue weighted by Crippen LogP contribution is -2.27. The highest BCUT2D eigenvalue weighted by Gasteiger charge is 2.31. The van der Waals surface area contributed by atoms with Crippen molar-refractivity contribution in [2.45, 2.75) is 20.3 Å². The lowest BCUT2D eigenvalue weighted by atomic mass is 10.1. The lowest BCUT2D eigenvalue weighted by molar-refractivity contribution is -0.140. The van der Waals surface area contributed by atoms with Gasteiger partial charge in [-0.05, 0) is 31.9 Å². The van der Waals surface area contributed by atoms with Crippen molar-refractivity contribution in [2.24, 2.45) is 11.7 Å². The molecule has 1 amide bonds. The number of carbonyl (C=O) groups is 2. The number of pyridine rings is 1. The van der Waals surface area contributed by atoms with Gasteiger partial charge in [0.1, 0.15) is 5.82 Å². The van der Waals surface area contributed by atoms with Crippen LogP contribution in [0.1, 0.15) is 28.0 Å². The van der Waals surface area contributed by atoms with Crippen LogP contribution in [-0.2, 0) is 4.79 Å². The molecule has 1 saturated heterocycles. The van der Waals surface area contributed by atoms with Gasteiger partial charge in [-0.2, -0.15) is 0 Å². The number of hydrogen-bond acceptors (Lipinski definition) is 4. The average molecular weight is 263 g/mol. The minimum atomic E-state index is -0.812. The van der Waals surface area contributed by atoms with Crippen molar-refractivity contribution in [1.82, 2.24) is 4.98 Å². The van der Waals surface area contributed by atoms with Crippen LogP contribution in [0.5, 0.6) is 0 Å². The minimum Gasteiger partial charge on any atom is -0.481 e. The van der Waals surface area contributed by atoms with E-state index in [1.54, 1.807) is 6.07 Å². The molecule has 0 spiro atoms. The first kappa shape index (κ1) is 13.3. The maximum absolute atomic E-state index is 11.6. The number of anilines is 1. The van der Waals surface area contributed by atoms with Crippen molar-refractivity contribution in [1.29, 1.82) is 0 Å². The number of carboxylic acids is 1. The molecule has 1 aromatic heterocycles. The number of carbonyl (C=O) groups excluding carboxylic acids is 1. The van der Waals surface area contributed by atoms with Gasteiger partial charge in [0.15, 0.2) is 0 Å². The quantitative estimate of drug-likeness (QED) is 0.837. The molecule has 3 N–H and O–H groups in total. The SMILES string of the molecule is Cc1cc(C)c(C(N)=O)c(N2CCC(C(=O)O)C2)n1. The Morgan fingerprint density at radius 3 is 2.68 bits per heavy atom. The molecule has 1 aliphatic heterocycles. The van der Waals surface area contributed by atoms with E-state index in [1.807, 2.05) is 18.7 Å². The van der Waals surface area contributed by atoms with Gasteiger partial charge in [0.25, 0.3) is 5.91 Å². The molecule has 2 rings (SSSR count). The lowest BCUT2D eigenvalue weighted by Gasteiger charge is -2.21. The van der Waals surface area contributed by atoms with Gasteiger partial charge in [-0.25, -0.2) is 4.98 Å². The average Bonchev–Trinajstić information content (AvgIpc) is 2.76. The highest BCUT2D eigenvalue weighted by molar-refractivity contribution is 5.99. The molecule has 2 heterocycles. The smallest absolute Gasteiger partial charge is 0.308 e. The zero-order valence-electron chi connectivity index (χ0n) is 11.0. The Bertz CT molecular complexity index is 542. The van der Waals surface area contributed by atoms with E-state index in [4.69, 9.17) is 10.8 Å². The number of aliphatic carboxylic acids is 1. The van der Waals surface area contributed by atoms with Gasteiger partial charge in [0, 0.05) is 18.8 Å². The molecule has 0 bridgehead atoms. The number of primary amides is 1. The van der Waals surface area contributed by atoms with Crippen molar-refractivity contribution >= 4 is 17.7 Å². The fourth-order valence-corrected chi connectivity index (χ4v) is 2.50. The minimum absolute atomic E-state index is 0.367. The van der Waals surface area contributed by atoms with Crippen LogP contribution in [0.15, 0.2) is 6.07 Å². The summed E-state index contributed by atoms with van der Waals surface area (Å²) in [7, 11) is 0. The Hall–Kier alpha value is -2.11. The molecule has 1 fully saturated rings. The summed E-state index contributed by atoms with van der Waals surface area (Å²) in [5, 5.41) is 9.03. The highest BCUT2D eigenvalue weighted by Crippen LogP contribution is 2.27. The molecule has 1 aliphatic rings. The summed E-state index contributed by atoms with van der Waals surface area (Å²) in [5.41, 5.74) is 7.35. The monoisotopic (exact) mass is 263 g/mol. The van der Waals surface area contributed by atoms with Gasteiger partial charge in [-0.1, -0.05) is 0 Å². The summed E-state index contributed by atoms with van der Waals surface area (Å²) in [5.74, 6) is -1.25. The standard InChI is InChI=1S/C13H17N3O3/c1-7-5-8(2)15-12(10(7)11(14)17)16-4-3-9(6-16)13(18)19/h5,9H,3-4,6H2,1-2H3,(H2,14,17)(H,18,19). The number of carboxylic acid groups (broad SMARTS) is 1. The third-order valence-electron chi connectivity index (χ3n) is 3.41. The summed E-state index contributed by atoms with van der Waals surface area (Å²) < 4.78 is 0. The number of nitrogens with zero attached hydrogens (tertiary/aromatic N) is 2. The van der Waals surface area contributed by atoms with Crippen molar-refractivity contribution in [3.63, 3.8) is 0 Å². The molecule has 1 unspecified atom stereocenters. The van der Waals surface area contributed by atoms with Crippen molar-refractivity contribution < 1.29 is 14.7 Å². The number of nitrogens with two attached hydrogens (primary N) is 1. The molecule has 1 aromatic rings. The van der Waals surface area contributed by atoms with E-state index in [9.17, 15) is 9.59 Å². The number of rotatable bonds is 3. The van der Waals surface area contributed by atoms with Crippen LogP contribution in [0, 0.1) is 19.8 Å². The molecular weight excluding hydrogens is 246 g/mol. The first-order valence-electron chi connectivity index (χ1n) is 6.16. The summed E-state index contributed by atoms with van der Waals surface area (Å²) in [4.78, 5) is 28.8. The Balaban J connectivity index is 2.40. The van der Waals surface area contributed by atoms with E-state index >= 15 is 0 Å². The van der Waals surface area contributed by atoms with Crippen LogP contribution in [0.4, 0.5) is 5.82 Å². The van der Waals surface area contributed by atoms with Gasteiger partial charge >= 0.3 is 5.97 Å². The molecule has 102 valence electrons. The van der Waals surface area contributed by atoms with E-state index in [0.717, 1.165) is 11.3 Å². The second kappa shape index (κ2) is 4.87. The molecule has 0 radical (unpaired) electrons. The predicted molar refractivity (Wildman–Crippen MR) is 70.2 cm³/mol.